The smallest absolute Gasteiger partial charge is 0.335 e. The van der Waals surface area contributed by atoms with Crippen LogP contribution in [-0.4, -0.2) is 35.2 Å². The highest BCUT2D eigenvalue weighted by Crippen LogP contribution is 2.19. The van der Waals surface area contributed by atoms with Gasteiger partial charge in [0.15, 0.2) is 0 Å². The zero-order valence-corrected chi connectivity index (χ0v) is 12.1. The van der Waals surface area contributed by atoms with Gasteiger partial charge in [0, 0.05) is 22.5 Å². The van der Waals surface area contributed by atoms with Gasteiger partial charge in [-0.2, -0.15) is 11.8 Å². The molecule has 1 aromatic carbocycles. The number of hydrogen-bond acceptors (Lipinski definition) is 3. The second-order valence-corrected chi connectivity index (χ2v) is 5.63. The van der Waals surface area contributed by atoms with Gasteiger partial charge < -0.3 is 15.7 Å². The first-order valence-corrected chi connectivity index (χ1v) is 7.20. The molecule has 2 amide bonds. The zero-order chi connectivity index (χ0) is 14.4. The lowest BCUT2D eigenvalue weighted by Gasteiger charge is -2.11. The van der Waals surface area contributed by atoms with Crippen molar-refractivity contribution >= 4 is 41.1 Å². The molecule has 7 heteroatoms. The molecule has 0 bridgehead atoms. The second kappa shape index (κ2) is 7.25. The molecular formula is C12H15ClN2O3S. The molecule has 5 nitrogen and oxygen atoms in total. The first-order chi connectivity index (χ1) is 8.92. The van der Waals surface area contributed by atoms with E-state index >= 15 is 0 Å². The number of thioether (sulfide) groups is 1. The molecule has 0 radical (unpaired) electrons. The third-order valence-corrected chi connectivity index (χ3v) is 3.54. The Kier molecular flexibility index (Phi) is 5.98. The van der Waals surface area contributed by atoms with Crippen LogP contribution in [0.5, 0.6) is 0 Å². The number of benzene rings is 1. The Morgan fingerprint density at radius 3 is 2.68 bits per heavy atom. The van der Waals surface area contributed by atoms with Crippen molar-refractivity contribution in [2.45, 2.75) is 12.2 Å². The molecule has 19 heavy (non-hydrogen) atoms. The minimum Gasteiger partial charge on any atom is -0.478 e. The van der Waals surface area contributed by atoms with Gasteiger partial charge in [-0.3, -0.25) is 0 Å². The van der Waals surface area contributed by atoms with Gasteiger partial charge >= 0.3 is 12.0 Å². The van der Waals surface area contributed by atoms with E-state index < -0.39 is 5.97 Å². The molecule has 0 heterocycles. The van der Waals surface area contributed by atoms with Crippen molar-refractivity contribution < 1.29 is 14.7 Å². The van der Waals surface area contributed by atoms with Gasteiger partial charge in [-0.15, -0.1) is 0 Å². The van der Waals surface area contributed by atoms with Gasteiger partial charge in [-0.05, 0) is 24.5 Å². The van der Waals surface area contributed by atoms with Crippen molar-refractivity contribution in [1.29, 1.82) is 0 Å². The quantitative estimate of drug-likeness (QED) is 0.781. The summed E-state index contributed by atoms with van der Waals surface area (Å²) >= 11 is 7.43. The number of amides is 2. The van der Waals surface area contributed by atoms with E-state index in [1.165, 1.54) is 18.2 Å². The van der Waals surface area contributed by atoms with E-state index in [0.29, 0.717) is 17.5 Å². The molecule has 0 aliphatic heterocycles. The summed E-state index contributed by atoms with van der Waals surface area (Å²) in [6, 6.07) is 3.78. The molecule has 104 valence electrons. The van der Waals surface area contributed by atoms with Crippen LogP contribution in [0, 0.1) is 0 Å². The van der Waals surface area contributed by atoms with E-state index in [1.54, 1.807) is 11.8 Å². The van der Waals surface area contributed by atoms with E-state index in [1.807, 2.05) is 13.2 Å². The summed E-state index contributed by atoms with van der Waals surface area (Å²) in [7, 11) is 0. The fraction of sp³-hybridized carbons (Fsp3) is 0.333. The fourth-order valence-corrected chi connectivity index (χ4v) is 1.77. The standard InChI is InChI=1S/C12H15ClN2O3S/c1-7(19-2)6-14-12(18)15-10-4-8(11(16)17)3-9(13)5-10/h3-5,7H,6H2,1-2H3,(H,16,17)(H2,14,15,18). The Labute approximate surface area is 120 Å². The second-order valence-electron chi connectivity index (χ2n) is 3.92. The lowest BCUT2D eigenvalue weighted by molar-refractivity contribution is 0.0697. The maximum Gasteiger partial charge on any atom is 0.335 e. The largest absolute Gasteiger partial charge is 0.478 e. The van der Waals surface area contributed by atoms with Gasteiger partial charge in [0.25, 0.3) is 0 Å². The van der Waals surface area contributed by atoms with Crippen molar-refractivity contribution in [3.05, 3.63) is 28.8 Å². The third kappa shape index (κ3) is 5.40. The van der Waals surface area contributed by atoms with Crippen molar-refractivity contribution in [3.8, 4) is 0 Å². The highest BCUT2D eigenvalue weighted by atomic mass is 35.5. The Morgan fingerprint density at radius 2 is 2.11 bits per heavy atom. The number of aromatic carboxylic acids is 1. The third-order valence-electron chi connectivity index (χ3n) is 2.36. The number of halogens is 1. The Hall–Kier alpha value is -1.40. The number of hydrogen-bond donors (Lipinski definition) is 3. The molecule has 0 aromatic heterocycles. The van der Waals surface area contributed by atoms with Crippen molar-refractivity contribution in [2.24, 2.45) is 0 Å². The summed E-state index contributed by atoms with van der Waals surface area (Å²) in [5.74, 6) is -1.10. The molecular weight excluding hydrogens is 288 g/mol. The molecule has 1 unspecified atom stereocenters. The minimum atomic E-state index is -1.10. The molecule has 0 fully saturated rings. The maximum absolute atomic E-state index is 11.6. The SMILES string of the molecule is CSC(C)CNC(=O)Nc1cc(Cl)cc(C(=O)O)c1. The normalized spacial score (nSPS) is 11.7. The average molecular weight is 303 g/mol. The molecule has 0 aliphatic carbocycles. The van der Waals surface area contributed by atoms with Crippen molar-refractivity contribution in [1.82, 2.24) is 5.32 Å². The lowest BCUT2D eigenvalue weighted by Crippen LogP contribution is -2.33. The Balaban J connectivity index is 2.66. The summed E-state index contributed by atoms with van der Waals surface area (Å²) in [5.41, 5.74) is 0.375. The zero-order valence-electron chi connectivity index (χ0n) is 10.6. The summed E-state index contributed by atoms with van der Waals surface area (Å²) in [5, 5.41) is 14.7. The van der Waals surface area contributed by atoms with Crippen LogP contribution in [0.2, 0.25) is 5.02 Å². The number of carbonyl (C=O) groups excluding carboxylic acids is 1. The average Bonchev–Trinajstić information content (AvgIpc) is 2.35. The van der Waals surface area contributed by atoms with Crippen LogP contribution >= 0.6 is 23.4 Å². The Morgan fingerprint density at radius 1 is 1.42 bits per heavy atom. The summed E-state index contributed by atoms with van der Waals surface area (Å²) in [4.78, 5) is 22.5. The van der Waals surface area contributed by atoms with Crippen LogP contribution in [0.3, 0.4) is 0 Å². The monoisotopic (exact) mass is 302 g/mol. The fourth-order valence-electron chi connectivity index (χ4n) is 1.28. The van der Waals surface area contributed by atoms with Crippen molar-refractivity contribution in [3.63, 3.8) is 0 Å². The van der Waals surface area contributed by atoms with Gasteiger partial charge in [0.1, 0.15) is 0 Å². The Bertz CT molecular complexity index is 482. The maximum atomic E-state index is 11.6. The molecule has 0 saturated heterocycles. The van der Waals surface area contributed by atoms with Gasteiger partial charge in [-0.1, -0.05) is 18.5 Å². The number of anilines is 1. The van der Waals surface area contributed by atoms with Crippen LogP contribution in [0.25, 0.3) is 0 Å². The highest BCUT2D eigenvalue weighted by molar-refractivity contribution is 7.99. The van der Waals surface area contributed by atoms with Crippen LogP contribution in [0.1, 0.15) is 17.3 Å². The molecule has 0 spiro atoms. The van der Waals surface area contributed by atoms with E-state index in [-0.39, 0.29) is 16.6 Å². The number of nitrogens with one attached hydrogen (secondary N) is 2. The van der Waals surface area contributed by atoms with Gasteiger partial charge in [0.2, 0.25) is 0 Å². The number of carbonyl (C=O) groups is 2. The number of rotatable bonds is 5. The van der Waals surface area contributed by atoms with E-state index in [2.05, 4.69) is 10.6 Å². The van der Waals surface area contributed by atoms with Crippen LogP contribution < -0.4 is 10.6 Å². The first kappa shape index (κ1) is 15.7. The summed E-state index contributed by atoms with van der Waals surface area (Å²) in [6.07, 6.45) is 1.96. The number of urea groups is 1. The predicted octanol–water partition coefficient (Wildman–Crippen LogP) is 2.91. The topological polar surface area (TPSA) is 78.4 Å². The molecule has 0 aliphatic rings. The van der Waals surface area contributed by atoms with E-state index in [4.69, 9.17) is 16.7 Å². The number of carboxylic acid groups (broad SMARTS) is 1. The highest BCUT2D eigenvalue weighted by Gasteiger charge is 2.09. The summed E-state index contributed by atoms with van der Waals surface area (Å²) in [6.45, 7) is 2.52. The van der Waals surface area contributed by atoms with Crippen molar-refractivity contribution in [2.75, 3.05) is 18.1 Å². The van der Waals surface area contributed by atoms with Crippen LogP contribution in [-0.2, 0) is 0 Å². The van der Waals surface area contributed by atoms with Gasteiger partial charge in [-0.25, -0.2) is 9.59 Å². The van der Waals surface area contributed by atoms with E-state index in [0.717, 1.165) is 0 Å². The minimum absolute atomic E-state index is 0.0280. The molecule has 1 rings (SSSR count). The number of carboxylic acids is 1. The van der Waals surface area contributed by atoms with Crippen LogP contribution in [0.15, 0.2) is 18.2 Å². The van der Waals surface area contributed by atoms with Gasteiger partial charge in [0.05, 0.1) is 5.56 Å². The molecule has 3 N–H and O–H groups in total. The summed E-state index contributed by atoms with van der Waals surface area (Å²) < 4.78 is 0. The molecule has 1 atom stereocenters. The lowest BCUT2D eigenvalue weighted by atomic mass is 10.2. The predicted molar refractivity (Wildman–Crippen MR) is 78.4 cm³/mol. The molecule has 0 saturated carbocycles. The van der Waals surface area contributed by atoms with Crippen LogP contribution in [0.4, 0.5) is 10.5 Å². The van der Waals surface area contributed by atoms with E-state index in [9.17, 15) is 9.59 Å². The molecule has 1 aromatic rings. The first-order valence-electron chi connectivity index (χ1n) is 5.54.